The van der Waals surface area contributed by atoms with Gasteiger partial charge in [-0.3, -0.25) is 5.10 Å². The van der Waals surface area contributed by atoms with E-state index in [-0.39, 0.29) is 10.5 Å². The highest BCUT2D eigenvalue weighted by Crippen LogP contribution is 2.25. The molecule has 1 heterocycles. The second-order valence-corrected chi connectivity index (χ2v) is 3.84. The molecule has 0 aliphatic heterocycles. The highest BCUT2D eigenvalue weighted by molar-refractivity contribution is 7.71. The molecule has 2 rings (SSSR count). The zero-order chi connectivity index (χ0) is 11.7. The molecule has 0 saturated carbocycles. The van der Waals surface area contributed by atoms with Crippen LogP contribution in [0.1, 0.15) is 0 Å². The molecule has 0 unspecified atom stereocenters. The minimum absolute atomic E-state index is 0.255. The molecular weight excluding hydrogens is 250 g/mol. The van der Waals surface area contributed by atoms with Crippen LogP contribution in [-0.2, 0) is 0 Å². The van der Waals surface area contributed by atoms with Gasteiger partial charge in [0.05, 0.1) is 12.8 Å². The van der Waals surface area contributed by atoms with Crippen LogP contribution in [0.2, 0.25) is 5.02 Å². The number of aromatic nitrogens is 3. The van der Waals surface area contributed by atoms with Gasteiger partial charge in [-0.05, 0) is 30.4 Å². The fourth-order valence-electron chi connectivity index (χ4n) is 1.37. The Bertz CT molecular complexity index is 601. The van der Waals surface area contributed by atoms with E-state index in [0.717, 1.165) is 0 Å². The first-order chi connectivity index (χ1) is 7.63. The van der Waals surface area contributed by atoms with Crippen molar-refractivity contribution in [2.45, 2.75) is 0 Å². The first-order valence-electron chi connectivity index (χ1n) is 4.37. The van der Waals surface area contributed by atoms with Crippen molar-refractivity contribution < 1.29 is 4.74 Å². The van der Waals surface area contributed by atoms with Crippen LogP contribution in [0.15, 0.2) is 23.0 Å². The minimum Gasteiger partial charge on any atom is -0.495 e. The average Bonchev–Trinajstić information content (AvgIpc) is 2.58. The van der Waals surface area contributed by atoms with Gasteiger partial charge in [0.1, 0.15) is 5.75 Å². The summed E-state index contributed by atoms with van der Waals surface area (Å²) in [5.41, 5.74) is 0.132. The molecular formula is C9H8ClN3O2S. The largest absolute Gasteiger partial charge is 0.495 e. The Balaban J connectivity index is 2.77. The predicted octanol–water partition coefficient (Wildman–Crippen LogP) is 1.89. The number of nitrogens with zero attached hydrogens (tertiary/aromatic N) is 1. The Morgan fingerprint density at radius 1 is 1.44 bits per heavy atom. The molecule has 0 bridgehead atoms. The molecule has 2 N–H and O–H groups in total. The molecule has 0 amide bonds. The fourth-order valence-corrected chi connectivity index (χ4v) is 1.77. The summed E-state index contributed by atoms with van der Waals surface area (Å²) in [6.45, 7) is 0. The number of rotatable bonds is 2. The third-order valence-corrected chi connectivity index (χ3v) is 2.58. The number of H-pyrrole nitrogens is 2. The predicted molar refractivity (Wildman–Crippen MR) is 63.1 cm³/mol. The third-order valence-electron chi connectivity index (χ3n) is 2.06. The normalized spacial score (nSPS) is 10.4. The Labute approximate surface area is 101 Å². The number of nitrogens with one attached hydrogen (secondary N) is 2. The van der Waals surface area contributed by atoms with E-state index < -0.39 is 0 Å². The number of hydrogen-bond acceptors (Lipinski definition) is 3. The number of methoxy groups -OCH3 is 1. The second kappa shape index (κ2) is 4.15. The lowest BCUT2D eigenvalue weighted by Gasteiger charge is -2.07. The quantitative estimate of drug-likeness (QED) is 0.808. The van der Waals surface area contributed by atoms with Crippen LogP contribution in [0.5, 0.6) is 5.75 Å². The smallest absolute Gasteiger partial charge is 0.347 e. The van der Waals surface area contributed by atoms with Crippen LogP contribution in [0.4, 0.5) is 0 Å². The lowest BCUT2D eigenvalue weighted by atomic mass is 10.3. The van der Waals surface area contributed by atoms with Crippen LogP contribution in [0.25, 0.3) is 5.69 Å². The summed E-state index contributed by atoms with van der Waals surface area (Å²) in [7, 11) is 1.51. The number of benzene rings is 1. The summed E-state index contributed by atoms with van der Waals surface area (Å²) in [6, 6.07) is 4.96. The van der Waals surface area contributed by atoms with Crippen molar-refractivity contribution in [3.05, 3.63) is 38.5 Å². The summed E-state index contributed by atoms with van der Waals surface area (Å²) < 4.78 is 6.67. The third kappa shape index (κ3) is 1.77. The van der Waals surface area contributed by atoms with Crippen molar-refractivity contribution >= 4 is 23.8 Å². The maximum absolute atomic E-state index is 11.5. The maximum Gasteiger partial charge on any atom is 0.347 e. The lowest BCUT2D eigenvalue weighted by Crippen LogP contribution is -2.15. The summed E-state index contributed by atoms with van der Waals surface area (Å²) in [4.78, 5) is 11.5. The highest BCUT2D eigenvalue weighted by Gasteiger charge is 2.10. The van der Waals surface area contributed by atoms with Crippen molar-refractivity contribution in [1.82, 2.24) is 14.8 Å². The van der Waals surface area contributed by atoms with Gasteiger partial charge in [0.25, 0.3) is 0 Å². The molecule has 5 nitrogen and oxygen atoms in total. The van der Waals surface area contributed by atoms with Gasteiger partial charge in [-0.25, -0.2) is 14.5 Å². The van der Waals surface area contributed by atoms with Gasteiger partial charge in [0.15, 0.2) is 0 Å². The molecule has 16 heavy (non-hydrogen) atoms. The molecule has 84 valence electrons. The van der Waals surface area contributed by atoms with E-state index in [9.17, 15) is 4.79 Å². The van der Waals surface area contributed by atoms with Gasteiger partial charge in [-0.2, -0.15) is 0 Å². The van der Waals surface area contributed by atoms with E-state index in [1.165, 1.54) is 11.7 Å². The van der Waals surface area contributed by atoms with Gasteiger partial charge in [0, 0.05) is 5.02 Å². The molecule has 0 spiro atoms. The summed E-state index contributed by atoms with van der Waals surface area (Å²) >= 11 is 10.9. The molecule has 0 aliphatic rings. The van der Waals surface area contributed by atoms with E-state index in [4.69, 9.17) is 28.6 Å². The van der Waals surface area contributed by atoms with Gasteiger partial charge < -0.3 is 4.74 Å². The Morgan fingerprint density at radius 3 is 2.75 bits per heavy atom. The van der Waals surface area contributed by atoms with E-state index in [2.05, 4.69) is 10.2 Å². The van der Waals surface area contributed by atoms with Crippen molar-refractivity contribution in [3.8, 4) is 11.4 Å². The Hall–Kier alpha value is -1.53. The number of ether oxygens (including phenoxy) is 1. The molecule has 1 aromatic carbocycles. The zero-order valence-corrected chi connectivity index (χ0v) is 9.85. The number of halogens is 1. The standard InChI is InChI=1S/C9H8ClN3O2S/c1-15-7-3-2-5(10)4-6(7)13-8(14)11-12-9(13)16/h2-4H,1H3,(H,11,14)(H,12,16). The van der Waals surface area contributed by atoms with Gasteiger partial charge >= 0.3 is 5.69 Å². The summed E-state index contributed by atoms with van der Waals surface area (Å²) in [5, 5.41) is 5.43. The molecule has 0 saturated heterocycles. The molecule has 7 heteroatoms. The highest BCUT2D eigenvalue weighted by atomic mass is 35.5. The zero-order valence-electron chi connectivity index (χ0n) is 8.28. The monoisotopic (exact) mass is 257 g/mol. The SMILES string of the molecule is COc1ccc(Cl)cc1-n1c(=O)[nH][nH]c1=S. The summed E-state index contributed by atoms with van der Waals surface area (Å²) in [6.07, 6.45) is 0. The molecule has 0 aliphatic carbocycles. The second-order valence-electron chi connectivity index (χ2n) is 3.01. The lowest BCUT2D eigenvalue weighted by molar-refractivity contribution is 0.412. The summed E-state index contributed by atoms with van der Waals surface area (Å²) in [5.74, 6) is 0.519. The molecule has 0 fully saturated rings. The van der Waals surface area contributed by atoms with E-state index in [1.54, 1.807) is 18.2 Å². The van der Waals surface area contributed by atoms with E-state index >= 15 is 0 Å². The van der Waals surface area contributed by atoms with Crippen molar-refractivity contribution in [2.75, 3.05) is 7.11 Å². The maximum atomic E-state index is 11.5. The fraction of sp³-hybridized carbons (Fsp3) is 0.111. The molecule has 0 radical (unpaired) electrons. The first-order valence-corrected chi connectivity index (χ1v) is 5.15. The van der Waals surface area contributed by atoms with Crippen LogP contribution in [0, 0.1) is 4.77 Å². The molecule has 0 atom stereocenters. The average molecular weight is 258 g/mol. The topological polar surface area (TPSA) is 62.8 Å². The van der Waals surface area contributed by atoms with Gasteiger partial charge in [-0.1, -0.05) is 11.6 Å². The molecule has 1 aromatic heterocycles. The number of aromatic amines is 2. The van der Waals surface area contributed by atoms with Crippen molar-refractivity contribution in [2.24, 2.45) is 0 Å². The van der Waals surface area contributed by atoms with Crippen molar-refractivity contribution in [1.29, 1.82) is 0 Å². The van der Waals surface area contributed by atoms with E-state index in [0.29, 0.717) is 16.5 Å². The Kier molecular flexibility index (Phi) is 2.84. The first kappa shape index (κ1) is 11.0. The molecule has 2 aromatic rings. The van der Waals surface area contributed by atoms with Crippen molar-refractivity contribution in [3.63, 3.8) is 0 Å². The Morgan fingerprint density at radius 2 is 2.19 bits per heavy atom. The van der Waals surface area contributed by atoms with Crippen LogP contribution in [0.3, 0.4) is 0 Å². The minimum atomic E-state index is -0.370. The van der Waals surface area contributed by atoms with Gasteiger partial charge in [-0.15, -0.1) is 0 Å². The van der Waals surface area contributed by atoms with Gasteiger partial charge in [0.2, 0.25) is 4.77 Å². The van der Waals surface area contributed by atoms with Crippen LogP contribution < -0.4 is 10.4 Å². The number of hydrogen-bond donors (Lipinski definition) is 2. The van der Waals surface area contributed by atoms with Crippen LogP contribution in [-0.4, -0.2) is 21.9 Å². The van der Waals surface area contributed by atoms with E-state index in [1.807, 2.05) is 0 Å². The van der Waals surface area contributed by atoms with Crippen LogP contribution >= 0.6 is 23.8 Å².